The number of fused-ring (bicyclic) bond motifs is 1. The van der Waals surface area contributed by atoms with Crippen molar-refractivity contribution in [3.05, 3.63) is 64.8 Å². The summed E-state index contributed by atoms with van der Waals surface area (Å²) < 4.78 is 2.34. The summed E-state index contributed by atoms with van der Waals surface area (Å²) in [5.41, 5.74) is 4.84. The van der Waals surface area contributed by atoms with Gasteiger partial charge in [0.15, 0.2) is 0 Å². The number of hydrogen-bond donors (Lipinski definition) is 1. The van der Waals surface area contributed by atoms with Crippen molar-refractivity contribution in [2.24, 2.45) is 0 Å². The zero-order chi connectivity index (χ0) is 23.3. The lowest BCUT2D eigenvalue weighted by molar-refractivity contribution is 0.123. The lowest BCUT2D eigenvalue weighted by Gasteiger charge is -2.36. The molecule has 0 radical (unpaired) electrons. The summed E-state index contributed by atoms with van der Waals surface area (Å²) in [6.45, 7) is 9.79. The standard InChI is InChI=1S/C29H35ClN4/c1-2-34-27(8-6-16-31-25-12-10-24(30)11-13-25)21-28-23(7-5-9-29(28)34)22-32-19-14-26(15-20-32)33-17-3-4-18-33/h5,7,9-13,21,26,31H,2-4,14-20,22H2,1H3. The predicted molar refractivity (Wildman–Crippen MR) is 144 cm³/mol. The third-order valence-electron chi connectivity index (χ3n) is 7.40. The molecule has 0 bridgehead atoms. The van der Waals surface area contributed by atoms with Gasteiger partial charge in [-0.2, -0.15) is 0 Å². The quantitative estimate of drug-likeness (QED) is 0.454. The van der Waals surface area contributed by atoms with E-state index in [-0.39, 0.29) is 0 Å². The minimum atomic E-state index is 0.603. The zero-order valence-electron chi connectivity index (χ0n) is 20.2. The van der Waals surface area contributed by atoms with E-state index < -0.39 is 0 Å². The smallest absolute Gasteiger partial charge is 0.0931 e. The van der Waals surface area contributed by atoms with E-state index in [1.54, 1.807) is 0 Å². The molecule has 0 unspecified atom stereocenters. The molecule has 0 saturated carbocycles. The van der Waals surface area contributed by atoms with E-state index in [1.165, 1.54) is 68.3 Å². The minimum absolute atomic E-state index is 0.603. The summed E-state index contributed by atoms with van der Waals surface area (Å²) in [7, 11) is 0. The monoisotopic (exact) mass is 474 g/mol. The van der Waals surface area contributed by atoms with Crippen LogP contribution in [0.5, 0.6) is 0 Å². The van der Waals surface area contributed by atoms with Crippen molar-refractivity contribution in [1.29, 1.82) is 0 Å². The van der Waals surface area contributed by atoms with Gasteiger partial charge in [-0.25, -0.2) is 0 Å². The first-order valence-electron chi connectivity index (χ1n) is 12.8. The Bertz CT molecular complexity index is 1160. The Hall–Kier alpha value is -2.45. The van der Waals surface area contributed by atoms with Gasteiger partial charge in [0.05, 0.1) is 12.2 Å². The van der Waals surface area contributed by atoms with Crippen molar-refractivity contribution >= 4 is 28.2 Å². The van der Waals surface area contributed by atoms with Crippen molar-refractivity contribution < 1.29 is 0 Å². The fourth-order valence-electron chi connectivity index (χ4n) is 5.57. The first kappa shape index (κ1) is 23.3. The van der Waals surface area contributed by atoms with Crippen molar-refractivity contribution in [1.82, 2.24) is 14.4 Å². The molecule has 3 heterocycles. The number of nitrogens with one attached hydrogen (secondary N) is 1. The first-order chi connectivity index (χ1) is 16.7. The summed E-state index contributed by atoms with van der Waals surface area (Å²) in [5.74, 6) is 6.71. The van der Waals surface area contributed by atoms with Crippen LogP contribution in [0.4, 0.5) is 5.69 Å². The van der Waals surface area contributed by atoms with Crippen LogP contribution in [-0.4, -0.2) is 53.1 Å². The van der Waals surface area contributed by atoms with Crippen LogP contribution in [0.1, 0.15) is 43.9 Å². The van der Waals surface area contributed by atoms with E-state index >= 15 is 0 Å². The van der Waals surface area contributed by atoms with Crippen LogP contribution >= 0.6 is 11.6 Å². The van der Waals surface area contributed by atoms with Crippen LogP contribution in [0.25, 0.3) is 10.9 Å². The predicted octanol–water partition coefficient (Wildman–Crippen LogP) is 5.84. The Kier molecular flexibility index (Phi) is 7.45. The highest BCUT2D eigenvalue weighted by molar-refractivity contribution is 6.30. The molecule has 0 aliphatic carbocycles. The number of piperidine rings is 1. The average molecular weight is 475 g/mol. The van der Waals surface area contributed by atoms with Gasteiger partial charge in [0.1, 0.15) is 0 Å². The molecule has 34 heavy (non-hydrogen) atoms. The number of hydrogen-bond acceptors (Lipinski definition) is 3. The van der Waals surface area contributed by atoms with E-state index in [0.717, 1.165) is 35.5 Å². The molecule has 2 aliphatic rings. The molecule has 1 aromatic heterocycles. The van der Waals surface area contributed by atoms with Gasteiger partial charge in [0.25, 0.3) is 0 Å². The SMILES string of the molecule is CCn1c(C#CCNc2ccc(Cl)cc2)cc2c(CN3CCC(N4CCCC4)CC3)cccc21. The third-order valence-corrected chi connectivity index (χ3v) is 7.65. The number of rotatable bonds is 6. The van der Waals surface area contributed by atoms with Crippen LogP contribution in [-0.2, 0) is 13.1 Å². The Labute approximate surface area is 208 Å². The van der Waals surface area contributed by atoms with E-state index in [9.17, 15) is 0 Å². The maximum absolute atomic E-state index is 5.97. The van der Waals surface area contributed by atoms with Crippen LogP contribution in [0, 0.1) is 11.8 Å². The number of anilines is 1. The molecular weight excluding hydrogens is 440 g/mol. The molecular formula is C29H35ClN4. The Morgan fingerprint density at radius 3 is 2.50 bits per heavy atom. The summed E-state index contributed by atoms with van der Waals surface area (Å²) in [6.07, 6.45) is 5.39. The molecule has 2 saturated heterocycles. The molecule has 0 amide bonds. The number of benzene rings is 2. The normalized spacial score (nSPS) is 17.7. The molecule has 0 atom stereocenters. The number of aromatic nitrogens is 1. The highest BCUT2D eigenvalue weighted by atomic mass is 35.5. The summed E-state index contributed by atoms with van der Waals surface area (Å²) >= 11 is 5.97. The Balaban J connectivity index is 1.26. The van der Waals surface area contributed by atoms with E-state index in [0.29, 0.717) is 6.54 Å². The van der Waals surface area contributed by atoms with Crippen LogP contribution in [0.15, 0.2) is 48.5 Å². The number of halogens is 1. The maximum atomic E-state index is 5.97. The average Bonchev–Trinajstić information content (AvgIpc) is 3.52. The van der Waals surface area contributed by atoms with Crippen molar-refractivity contribution in [3.63, 3.8) is 0 Å². The van der Waals surface area contributed by atoms with E-state index in [4.69, 9.17) is 11.6 Å². The summed E-state index contributed by atoms with van der Waals surface area (Å²) in [6, 6.07) is 17.6. The van der Waals surface area contributed by atoms with Crippen molar-refractivity contribution in [2.75, 3.05) is 38.0 Å². The fraction of sp³-hybridized carbons (Fsp3) is 0.448. The van der Waals surface area contributed by atoms with Crippen LogP contribution in [0.3, 0.4) is 0 Å². The molecule has 3 aromatic rings. The summed E-state index contributed by atoms with van der Waals surface area (Å²) in [5, 5.41) is 5.45. The lowest BCUT2D eigenvalue weighted by Crippen LogP contribution is -2.43. The maximum Gasteiger partial charge on any atom is 0.0931 e. The molecule has 1 N–H and O–H groups in total. The van der Waals surface area contributed by atoms with E-state index in [2.05, 4.69) is 62.7 Å². The molecule has 2 aliphatic heterocycles. The molecule has 2 fully saturated rings. The second-order valence-corrected chi connectivity index (χ2v) is 9.97. The van der Waals surface area contributed by atoms with Gasteiger partial charge in [-0.05, 0) is 107 Å². The second kappa shape index (κ2) is 10.9. The number of nitrogens with zero attached hydrogens (tertiary/aromatic N) is 3. The third kappa shape index (κ3) is 5.28. The van der Waals surface area contributed by atoms with Gasteiger partial charge >= 0.3 is 0 Å². The Morgan fingerprint density at radius 1 is 1.00 bits per heavy atom. The number of aryl methyl sites for hydroxylation is 1. The highest BCUT2D eigenvalue weighted by Gasteiger charge is 2.26. The lowest BCUT2D eigenvalue weighted by atomic mass is 10.0. The fourth-order valence-corrected chi connectivity index (χ4v) is 5.69. The van der Waals surface area contributed by atoms with Gasteiger partial charge in [-0.3, -0.25) is 4.90 Å². The molecule has 178 valence electrons. The minimum Gasteiger partial charge on any atom is -0.374 e. The van der Waals surface area contributed by atoms with Crippen LogP contribution < -0.4 is 5.32 Å². The zero-order valence-corrected chi connectivity index (χ0v) is 20.9. The molecule has 4 nitrogen and oxygen atoms in total. The molecule has 2 aromatic carbocycles. The van der Waals surface area contributed by atoms with Gasteiger partial charge in [0, 0.05) is 40.7 Å². The van der Waals surface area contributed by atoms with Gasteiger partial charge in [-0.15, -0.1) is 0 Å². The first-order valence-corrected chi connectivity index (χ1v) is 13.1. The van der Waals surface area contributed by atoms with E-state index in [1.807, 2.05) is 24.3 Å². The van der Waals surface area contributed by atoms with Gasteiger partial charge in [0.2, 0.25) is 0 Å². The van der Waals surface area contributed by atoms with Crippen LogP contribution in [0.2, 0.25) is 5.02 Å². The second-order valence-electron chi connectivity index (χ2n) is 9.54. The molecule has 0 spiro atoms. The van der Waals surface area contributed by atoms with Gasteiger partial charge < -0.3 is 14.8 Å². The topological polar surface area (TPSA) is 23.4 Å². The van der Waals surface area contributed by atoms with Gasteiger partial charge in [-0.1, -0.05) is 29.7 Å². The molecule has 5 heteroatoms. The highest BCUT2D eigenvalue weighted by Crippen LogP contribution is 2.27. The largest absolute Gasteiger partial charge is 0.374 e. The number of likely N-dealkylation sites (tertiary alicyclic amines) is 2. The Morgan fingerprint density at radius 2 is 1.76 bits per heavy atom. The van der Waals surface area contributed by atoms with Crippen molar-refractivity contribution in [2.45, 2.75) is 51.7 Å². The molecule has 5 rings (SSSR count). The summed E-state index contributed by atoms with van der Waals surface area (Å²) in [4.78, 5) is 5.37. The van der Waals surface area contributed by atoms with Crippen molar-refractivity contribution in [3.8, 4) is 11.8 Å².